The number of H-pyrrole nitrogens is 1. The van der Waals surface area contributed by atoms with E-state index >= 15 is 0 Å². The van der Waals surface area contributed by atoms with Crippen LogP contribution in [0.4, 0.5) is 5.69 Å². The van der Waals surface area contributed by atoms with Crippen molar-refractivity contribution in [3.05, 3.63) is 48.3 Å². The molecule has 0 aliphatic heterocycles. The molecule has 0 aliphatic rings. The minimum absolute atomic E-state index is 0.0844. The summed E-state index contributed by atoms with van der Waals surface area (Å²) >= 11 is 0. The van der Waals surface area contributed by atoms with Crippen molar-refractivity contribution >= 4 is 17.5 Å². The van der Waals surface area contributed by atoms with Crippen molar-refractivity contribution in [3.63, 3.8) is 0 Å². The van der Waals surface area contributed by atoms with Crippen LogP contribution in [-0.4, -0.2) is 28.6 Å². The first-order chi connectivity index (χ1) is 8.75. The molecule has 2 rings (SSSR count). The number of anilines is 1. The Hall–Kier alpha value is -2.63. The van der Waals surface area contributed by atoms with Crippen molar-refractivity contribution in [2.75, 3.05) is 11.9 Å². The van der Waals surface area contributed by atoms with E-state index in [0.29, 0.717) is 11.3 Å². The topological polar surface area (TPSA) is 86.9 Å². The van der Waals surface area contributed by atoms with E-state index in [2.05, 4.69) is 20.8 Å². The number of nitrogens with zero attached hydrogens (tertiary/aromatic N) is 1. The van der Waals surface area contributed by atoms with Gasteiger partial charge in [-0.1, -0.05) is 18.2 Å². The third kappa shape index (κ3) is 3.18. The number of hydrogen-bond acceptors (Lipinski definition) is 3. The van der Waals surface area contributed by atoms with Gasteiger partial charge in [-0.3, -0.25) is 14.7 Å². The number of rotatable bonds is 4. The Labute approximate surface area is 103 Å². The van der Waals surface area contributed by atoms with Gasteiger partial charge in [-0.15, -0.1) is 0 Å². The zero-order valence-electron chi connectivity index (χ0n) is 9.51. The number of benzene rings is 1. The normalized spacial score (nSPS) is 9.78. The fraction of sp³-hybridized carbons (Fsp3) is 0.0833. The molecule has 2 aromatic rings. The van der Waals surface area contributed by atoms with Crippen LogP contribution in [0.1, 0.15) is 10.4 Å². The maximum Gasteiger partial charge on any atom is 0.251 e. The van der Waals surface area contributed by atoms with Gasteiger partial charge in [-0.2, -0.15) is 5.10 Å². The third-order valence-electron chi connectivity index (χ3n) is 2.23. The Morgan fingerprint density at radius 1 is 1.22 bits per heavy atom. The highest BCUT2D eigenvalue weighted by molar-refractivity contribution is 5.99. The molecule has 0 fully saturated rings. The molecule has 18 heavy (non-hydrogen) atoms. The smallest absolute Gasteiger partial charge is 0.251 e. The quantitative estimate of drug-likeness (QED) is 0.742. The summed E-state index contributed by atoms with van der Waals surface area (Å²) in [5.74, 6) is -0.585. The summed E-state index contributed by atoms with van der Waals surface area (Å²) < 4.78 is 0. The number of hydrogen-bond donors (Lipinski definition) is 3. The van der Waals surface area contributed by atoms with E-state index in [4.69, 9.17) is 0 Å². The van der Waals surface area contributed by atoms with E-state index in [9.17, 15) is 9.59 Å². The molecule has 6 heteroatoms. The van der Waals surface area contributed by atoms with Crippen LogP contribution < -0.4 is 10.6 Å². The standard InChI is InChI=1S/C12H12N4O2/c17-11(16-10-6-14-15-7-10)8-13-12(18)9-4-2-1-3-5-9/h1-7H,8H2,(H,13,18)(H,14,15)(H,16,17). The van der Waals surface area contributed by atoms with Gasteiger partial charge >= 0.3 is 0 Å². The minimum atomic E-state index is -0.305. The van der Waals surface area contributed by atoms with Crippen LogP contribution in [-0.2, 0) is 4.79 Å². The Balaban J connectivity index is 1.81. The maximum atomic E-state index is 11.6. The second-order valence-corrected chi connectivity index (χ2v) is 3.58. The number of aromatic nitrogens is 2. The molecule has 0 radical (unpaired) electrons. The lowest BCUT2D eigenvalue weighted by Crippen LogP contribution is -2.32. The molecular formula is C12H12N4O2. The van der Waals surface area contributed by atoms with Crippen molar-refractivity contribution in [1.82, 2.24) is 15.5 Å². The summed E-state index contributed by atoms with van der Waals surface area (Å²) in [6.07, 6.45) is 3.04. The predicted molar refractivity (Wildman–Crippen MR) is 66.0 cm³/mol. The van der Waals surface area contributed by atoms with E-state index in [1.54, 1.807) is 30.5 Å². The average Bonchev–Trinajstić information content (AvgIpc) is 2.90. The van der Waals surface area contributed by atoms with Gasteiger partial charge in [-0.05, 0) is 12.1 Å². The number of carbonyl (C=O) groups is 2. The van der Waals surface area contributed by atoms with E-state index in [0.717, 1.165) is 0 Å². The molecule has 6 nitrogen and oxygen atoms in total. The lowest BCUT2D eigenvalue weighted by Gasteiger charge is -2.05. The Morgan fingerprint density at radius 3 is 2.67 bits per heavy atom. The summed E-state index contributed by atoms with van der Waals surface area (Å²) in [5, 5.41) is 11.4. The third-order valence-corrected chi connectivity index (χ3v) is 2.23. The van der Waals surface area contributed by atoms with E-state index < -0.39 is 0 Å². The molecule has 0 unspecified atom stereocenters. The summed E-state index contributed by atoms with van der Waals surface area (Å²) in [7, 11) is 0. The second kappa shape index (κ2) is 5.62. The fourth-order valence-electron chi connectivity index (χ4n) is 1.38. The first-order valence-corrected chi connectivity index (χ1v) is 5.37. The monoisotopic (exact) mass is 244 g/mol. The molecule has 0 aliphatic carbocycles. The molecule has 0 saturated carbocycles. The molecule has 92 valence electrons. The van der Waals surface area contributed by atoms with Crippen LogP contribution in [0.15, 0.2) is 42.7 Å². The van der Waals surface area contributed by atoms with Crippen molar-refractivity contribution < 1.29 is 9.59 Å². The number of carbonyl (C=O) groups excluding carboxylic acids is 2. The van der Waals surface area contributed by atoms with Gasteiger partial charge in [0.2, 0.25) is 5.91 Å². The molecule has 1 aromatic carbocycles. The highest BCUT2D eigenvalue weighted by atomic mass is 16.2. The zero-order valence-corrected chi connectivity index (χ0v) is 9.51. The Bertz CT molecular complexity index is 522. The fourth-order valence-corrected chi connectivity index (χ4v) is 1.38. The summed E-state index contributed by atoms with van der Waals surface area (Å²) in [5.41, 5.74) is 1.09. The van der Waals surface area contributed by atoms with Crippen molar-refractivity contribution in [2.45, 2.75) is 0 Å². The van der Waals surface area contributed by atoms with Crippen LogP contribution in [0.3, 0.4) is 0 Å². The summed E-state index contributed by atoms with van der Waals surface area (Å²) in [6.45, 7) is -0.0844. The molecule has 0 atom stereocenters. The number of aromatic amines is 1. The maximum absolute atomic E-state index is 11.6. The first kappa shape index (κ1) is 11.8. The van der Waals surface area contributed by atoms with Gasteiger partial charge in [0.05, 0.1) is 18.4 Å². The van der Waals surface area contributed by atoms with Crippen molar-refractivity contribution in [1.29, 1.82) is 0 Å². The first-order valence-electron chi connectivity index (χ1n) is 5.37. The lowest BCUT2D eigenvalue weighted by molar-refractivity contribution is -0.115. The van der Waals surface area contributed by atoms with Crippen molar-refractivity contribution in [3.8, 4) is 0 Å². The molecule has 1 aromatic heterocycles. The van der Waals surface area contributed by atoms with Crippen LogP contribution in [0.5, 0.6) is 0 Å². The van der Waals surface area contributed by atoms with Gasteiger partial charge in [0.1, 0.15) is 0 Å². The zero-order chi connectivity index (χ0) is 12.8. The highest BCUT2D eigenvalue weighted by Crippen LogP contribution is 2.00. The van der Waals surface area contributed by atoms with Crippen molar-refractivity contribution in [2.24, 2.45) is 0 Å². The Kier molecular flexibility index (Phi) is 3.70. The SMILES string of the molecule is O=C(CNC(=O)c1ccccc1)Nc1cn[nH]c1. The van der Waals surface area contributed by atoms with Gasteiger partial charge in [-0.25, -0.2) is 0 Å². The molecule has 1 heterocycles. The van der Waals surface area contributed by atoms with E-state index in [-0.39, 0.29) is 18.4 Å². The van der Waals surface area contributed by atoms with Crippen LogP contribution in [0.2, 0.25) is 0 Å². The average molecular weight is 244 g/mol. The minimum Gasteiger partial charge on any atom is -0.343 e. The van der Waals surface area contributed by atoms with Gasteiger partial charge < -0.3 is 10.6 Å². The molecule has 0 spiro atoms. The van der Waals surface area contributed by atoms with Gasteiger partial charge in [0.25, 0.3) is 5.91 Å². The summed E-state index contributed by atoms with van der Waals surface area (Å²) in [6, 6.07) is 8.72. The molecule has 0 saturated heterocycles. The predicted octanol–water partition coefficient (Wildman–Crippen LogP) is 0.778. The highest BCUT2D eigenvalue weighted by Gasteiger charge is 2.07. The van der Waals surface area contributed by atoms with Gasteiger partial charge in [0, 0.05) is 11.8 Å². The molecular weight excluding hydrogens is 232 g/mol. The molecule has 2 amide bonds. The number of amides is 2. The van der Waals surface area contributed by atoms with Crippen LogP contribution in [0.25, 0.3) is 0 Å². The second-order valence-electron chi connectivity index (χ2n) is 3.58. The molecule has 3 N–H and O–H groups in total. The molecule has 0 bridgehead atoms. The lowest BCUT2D eigenvalue weighted by atomic mass is 10.2. The van der Waals surface area contributed by atoms with Gasteiger partial charge in [0.15, 0.2) is 0 Å². The Morgan fingerprint density at radius 2 is 2.00 bits per heavy atom. The van der Waals surface area contributed by atoms with Crippen LogP contribution in [0, 0.1) is 0 Å². The van der Waals surface area contributed by atoms with E-state index in [1.807, 2.05) is 6.07 Å². The van der Waals surface area contributed by atoms with E-state index in [1.165, 1.54) is 6.20 Å². The largest absolute Gasteiger partial charge is 0.343 e. The number of nitrogens with one attached hydrogen (secondary N) is 3. The van der Waals surface area contributed by atoms with Crippen LogP contribution >= 0.6 is 0 Å². The summed E-state index contributed by atoms with van der Waals surface area (Å²) in [4.78, 5) is 23.1.